The minimum absolute atomic E-state index is 0.134. The molecule has 0 fully saturated rings. The van der Waals surface area contributed by atoms with E-state index in [4.69, 9.17) is 14.2 Å². The predicted octanol–water partition coefficient (Wildman–Crippen LogP) is 3.55. The molecule has 0 spiro atoms. The molecule has 0 radical (unpaired) electrons. The van der Waals surface area contributed by atoms with E-state index in [1.165, 1.54) is 26.4 Å². The maximum Gasteiger partial charge on any atom is 0.243 e. The molecule has 44 heavy (non-hydrogen) atoms. The number of nitrogens with zero attached hydrogens (tertiary/aromatic N) is 3. The number of carbonyl (C=O) groups excluding carboxylic acids is 2. The highest BCUT2D eigenvalue weighted by Crippen LogP contribution is 2.50. The maximum atomic E-state index is 13.5. The molecule has 0 bridgehead atoms. The Labute approximate surface area is 254 Å². The Morgan fingerprint density at radius 1 is 1.00 bits per heavy atom. The summed E-state index contributed by atoms with van der Waals surface area (Å²) in [6, 6.07) is 13.8. The van der Waals surface area contributed by atoms with Crippen LogP contribution in [-0.4, -0.2) is 54.5 Å². The van der Waals surface area contributed by atoms with Crippen LogP contribution in [0.3, 0.4) is 0 Å². The van der Waals surface area contributed by atoms with Crippen LogP contribution in [0.5, 0.6) is 17.2 Å². The number of anilines is 2. The van der Waals surface area contributed by atoms with Crippen LogP contribution in [-0.2, 0) is 22.6 Å². The summed E-state index contributed by atoms with van der Waals surface area (Å²) in [6.45, 7) is 1.88. The summed E-state index contributed by atoms with van der Waals surface area (Å²) >= 11 is 0. The standard InChI is InChI=1S/C32H34N6O6/c1-19(39)36-25-11-7-21-13-28(42-2)31(43-3)32(44-4)30(21)23-10-12-26(27(40)14-24(23)25)34-15-29(41)37-22-8-5-20(6-9-22)16-38-18-33-17-35-38/h5-6,8-10,12-14,17-18,25H,7,11,15-16H2,1-4H3,(H,34,40)(H,36,39)(H,37,41). The molecule has 228 valence electrons. The second kappa shape index (κ2) is 13.3. The molecule has 1 aliphatic carbocycles. The van der Waals surface area contributed by atoms with E-state index in [9.17, 15) is 14.4 Å². The van der Waals surface area contributed by atoms with E-state index >= 15 is 0 Å². The lowest BCUT2D eigenvalue weighted by molar-refractivity contribution is -0.119. The van der Waals surface area contributed by atoms with Crippen LogP contribution in [0.4, 0.5) is 11.4 Å². The highest BCUT2D eigenvalue weighted by molar-refractivity contribution is 5.93. The first-order chi connectivity index (χ1) is 21.3. The first kappa shape index (κ1) is 30.1. The Bertz CT molecular complexity index is 1720. The van der Waals surface area contributed by atoms with Crippen molar-refractivity contribution in [1.29, 1.82) is 0 Å². The molecule has 1 heterocycles. The van der Waals surface area contributed by atoms with Crippen molar-refractivity contribution in [2.24, 2.45) is 0 Å². The summed E-state index contributed by atoms with van der Waals surface area (Å²) in [6.07, 6.45) is 4.25. The largest absolute Gasteiger partial charge is 0.493 e. The monoisotopic (exact) mass is 598 g/mol. The van der Waals surface area contributed by atoms with E-state index in [-0.39, 0.29) is 29.5 Å². The van der Waals surface area contributed by atoms with E-state index in [0.29, 0.717) is 53.4 Å². The number of hydrogen-bond donors (Lipinski definition) is 3. The third-order valence-electron chi connectivity index (χ3n) is 7.40. The van der Waals surface area contributed by atoms with Crippen molar-refractivity contribution in [2.45, 2.75) is 32.4 Å². The number of aryl methyl sites for hydroxylation is 1. The summed E-state index contributed by atoms with van der Waals surface area (Å²) in [7, 11) is 4.64. The SMILES string of the molecule is COc1cc2c(c(OC)c1OC)-c1ccc(NCC(=O)Nc3ccc(Cn4cncn4)cc3)c(=O)cc1C(NC(C)=O)CC2. The molecule has 0 saturated carbocycles. The van der Waals surface area contributed by atoms with Gasteiger partial charge in [0.1, 0.15) is 12.7 Å². The molecule has 3 N–H and O–H groups in total. The zero-order valence-electron chi connectivity index (χ0n) is 25.0. The number of amides is 2. The van der Waals surface area contributed by atoms with Gasteiger partial charge in [0.15, 0.2) is 11.5 Å². The number of ether oxygens (including phenoxy) is 3. The quantitative estimate of drug-likeness (QED) is 0.249. The van der Waals surface area contributed by atoms with Gasteiger partial charge in [0.25, 0.3) is 0 Å². The Morgan fingerprint density at radius 3 is 2.43 bits per heavy atom. The second-order valence-corrected chi connectivity index (χ2v) is 10.3. The zero-order chi connectivity index (χ0) is 31.2. The van der Waals surface area contributed by atoms with Gasteiger partial charge in [-0.3, -0.25) is 14.4 Å². The third kappa shape index (κ3) is 6.48. The van der Waals surface area contributed by atoms with Crippen LogP contribution in [0.25, 0.3) is 11.1 Å². The number of rotatable bonds is 10. The topological polar surface area (TPSA) is 146 Å². The molecule has 2 amide bonds. The molecular weight excluding hydrogens is 564 g/mol. The fourth-order valence-electron chi connectivity index (χ4n) is 5.43. The van der Waals surface area contributed by atoms with Crippen LogP contribution in [0.15, 0.2) is 66.0 Å². The summed E-state index contributed by atoms with van der Waals surface area (Å²) in [5, 5.41) is 12.9. The normalized spacial score (nSPS) is 13.5. The Balaban J connectivity index is 1.42. The van der Waals surface area contributed by atoms with E-state index in [0.717, 1.165) is 16.7 Å². The average Bonchev–Trinajstić information content (AvgIpc) is 3.41. The van der Waals surface area contributed by atoms with Gasteiger partial charge in [-0.15, -0.1) is 0 Å². The summed E-state index contributed by atoms with van der Waals surface area (Å²) in [5.41, 5.74) is 4.55. The molecule has 0 aliphatic heterocycles. The Morgan fingerprint density at radius 2 is 1.77 bits per heavy atom. The molecule has 12 nitrogen and oxygen atoms in total. The summed E-state index contributed by atoms with van der Waals surface area (Å²) < 4.78 is 18.7. The van der Waals surface area contributed by atoms with Crippen molar-refractivity contribution in [3.8, 4) is 28.4 Å². The van der Waals surface area contributed by atoms with Crippen LogP contribution >= 0.6 is 0 Å². The van der Waals surface area contributed by atoms with Gasteiger partial charge in [-0.2, -0.15) is 5.10 Å². The van der Waals surface area contributed by atoms with Crippen molar-refractivity contribution in [3.63, 3.8) is 0 Å². The molecule has 1 unspecified atom stereocenters. The summed E-state index contributed by atoms with van der Waals surface area (Å²) in [4.78, 5) is 42.3. The van der Waals surface area contributed by atoms with Gasteiger partial charge in [-0.05, 0) is 65.4 Å². The number of carbonyl (C=O) groups is 2. The Hall–Kier alpha value is -5.39. The molecule has 12 heteroatoms. The fourth-order valence-corrected chi connectivity index (χ4v) is 5.43. The van der Waals surface area contributed by atoms with Gasteiger partial charge in [0.2, 0.25) is 23.0 Å². The van der Waals surface area contributed by atoms with Crippen LogP contribution < -0.4 is 35.6 Å². The lowest BCUT2D eigenvalue weighted by Crippen LogP contribution is -2.27. The minimum Gasteiger partial charge on any atom is -0.493 e. The van der Waals surface area contributed by atoms with Gasteiger partial charge in [-0.1, -0.05) is 18.2 Å². The minimum atomic E-state index is -0.430. The zero-order valence-corrected chi connectivity index (χ0v) is 25.0. The number of methoxy groups -OCH3 is 3. The first-order valence-electron chi connectivity index (χ1n) is 14.0. The molecule has 1 atom stereocenters. The lowest BCUT2D eigenvalue weighted by atomic mass is 9.95. The van der Waals surface area contributed by atoms with Gasteiger partial charge >= 0.3 is 0 Å². The number of nitrogens with one attached hydrogen (secondary N) is 3. The van der Waals surface area contributed by atoms with E-state index in [2.05, 4.69) is 26.0 Å². The lowest BCUT2D eigenvalue weighted by Gasteiger charge is -2.19. The van der Waals surface area contributed by atoms with Crippen LogP contribution in [0.1, 0.15) is 36.1 Å². The van der Waals surface area contributed by atoms with E-state index in [1.54, 1.807) is 49.5 Å². The van der Waals surface area contributed by atoms with Crippen molar-refractivity contribution in [3.05, 3.63) is 88.1 Å². The smallest absolute Gasteiger partial charge is 0.243 e. The molecule has 1 aliphatic rings. The van der Waals surface area contributed by atoms with Crippen molar-refractivity contribution >= 4 is 23.2 Å². The molecule has 5 rings (SSSR count). The second-order valence-electron chi connectivity index (χ2n) is 10.3. The highest BCUT2D eigenvalue weighted by Gasteiger charge is 2.29. The van der Waals surface area contributed by atoms with E-state index < -0.39 is 6.04 Å². The predicted molar refractivity (Wildman–Crippen MR) is 165 cm³/mol. The molecule has 3 aromatic carbocycles. The first-order valence-corrected chi connectivity index (χ1v) is 14.0. The summed E-state index contributed by atoms with van der Waals surface area (Å²) in [5.74, 6) is 0.876. The highest BCUT2D eigenvalue weighted by atomic mass is 16.5. The van der Waals surface area contributed by atoms with Crippen molar-refractivity contribution in [2.75, 3.05) is 38.5 Å². The fraction of sp³-hybridized carbons (Fsp3) is 0.281. The maximum absolute atomic E-state index is 13.5. The number of aromatic nitrogens is 3. The van der Waals surface area contributed by atoms with Crippen LogP contribution in [0.2, 0.25) is 0 Å². The van der Waals surface area contributed by atoms with Gasteiger partial charge in [-0.25, -0.2) is 9.67 Å². The van der Waals surface area contributed by atoms with Gasteiger partial charge < -0.3 is 30.2 Å². The van der Waals surface area contributed by atoms with Gasteiger partial charge in [0.05, 0.1) is 46.1 Å². The van der Waals surface area contributed by atoms with E-state index in [1.807, 2.05) is 18.2 Å². The van der Waals surface area contributed by atoms with Gasteiger partial charge in [0, 0.05) is 18.2 Å². The number of hydrogen-bond acceptors (Lipinski definition) is 9. The number of fused-ring (bicyclic) bond motifs is 3. The van der Waals surface area contributed by atoms with Crippen molar-refractivity contribution < 1.29 is 23.8 Å². The molecule has 4 aromatic rings. The average molecular weight is 599 g/mol. The van der Waals surface area contributed by atoms with Crippen LogP contribution in [0, 0.1) is 0 Å². The molecular formula is C32H34N6O6. The molecule has 0 saturated heterocycles. The van der Waals surface area contributed by atoms with Crippen molar-refractivity contribution in [1.82, 2.24) is 20.1 Å². The Kier molecular flexibility index (Phi) is 9.08. The molecule has 1 aromatic heterocycles. The third-order valence-corrected chi connectivity index (χ3v) is 7.40. The number of benzene rings is 2.